The normalized spacial score (nSPS) is 17.6. The molecule has 8 aromatic rings. The second-order valence-corrected chi connectivity index (χ2v) is 15.1. The van der Waals surface area contributed by atoms with Gasteiger partial charge in [0.25, 0.3) is 0 Å². The lowest BCUT2D eigenvalue weighted by Gasteiger charge is -2.30. The molecule has 0 amide bonds. The van der Waals surface area contributed by atoms with Crippen LogP contribution in [0.1, 0.15) is 58.7 Å². The average Bonchev–Trinajstić information content (AvgIpc) is 3.73. The molecule has 1 aromatic heterocycles. The van der Waals surface area contributed by atoms with Gasteiger partial charge in [-0.15, -0.1) is 0 Å². The number of para-hydroxylation sites is 1. The van der Waals surface area contributed by atoms with Crippen LogP contribution in [0, 0.1) is 0 Å². The first kappa shape index (κ1) is 32.5. The van der Waals surface area contributed by atoms with Crippen LogP contribution in [0.4, 0.5) is 5.69 Å². The lowest BCUT2D eigenvalue weighted by molar-refractivity contribution is 0.785. The first-order valence-corrected chi connectivity index (χ1v) is 19.5. The number of fused-ring (bicyclic) bond motifs is 11. The molecule has 56 heavy (non-hydrogen) atoms. The number of allylic oxidation sites excluding steroid dienone is 1. The van der Waals surface area contributed by atoms with Gasteiger partial charge in [-0.1, -0.05) is 175 Å². The van der Waals surface area contributed by atoms with Crippen molar-refractivity contribution in [3.8, 4) is 44.9 Å². The quantitative estimate of drug-likeness (QED) is 0.182. The standard InChI is InChI=1S/C53H37N3/c1-34-27-32-48(55-47-26-13-10-21-41(47)49(34)37-30-28-36(29-31-37)35-15-4-2-5-16-35)42-22-14-25-45-50(42)39-19-8-11-23-43(39)53(45)44-24-12-9-20-40(44)51-46(53)33-54-52(56-51)38-17-6-3-7-18-38/h2-26,28-31,33H,27,32H2,1H3/b49-34+,55-48?. The van der Waals surface area contributed by atoms with E-state index in [0.29, 0.717) is 0 Å². The van der Waals surface area contributed by atoms with E-state index in [4.69, 9.17) is 15.0 Å². The molecule has 11 rings (SSSR count). The van der Waals surface area contributed by atoms with Crippen LogP contribution in [0.2, 0.25) is 0 Å². The Hall–Kier alpha value is -6.97. The topological polar surface area (TPSA) is 38.1 Å². The van der Waals surface area contributed by atoms with Crippen LogP contribution < -0.4 is 0 Å². The van der Waals surface area contributed by atoms with E-state index in [9.17, 15) is 0 Å². The SMILES string of the molecule is C/C1=C(/c2ccc(-c3ccccc3)cc2)c2ccccc2N=C(c2cccc3c2-c2ccccc2C32c3ccccc3-c3nc(-c4ccccc4)ncc32)CC1. The lowest BCUT2D eigenvalue weighted by Crippen LogP contribution is -2.26. The van der Waals surface area contributed by atoms with Gasteiger partial charge in [0, 0.05) is 39.7 Å². The Morgan fingerprint density at radius 1 is 0.446 bits per heavy atom. The lowest BCUT2D eigenvalue weighted by atomic mass is 9.71. The molecule has 264 valence electrons. The molecule has 0 fully saturated rings. The van der Waals surface area contributed by atoms with Gasteiger partial charge in [-0.2, -0.15) is 0 Å². The molecule has 2 heterocycles. The molecule has 1 unspecified atom stereocenters. The zero-order valence-corrected chi connectivity index (χ0v) is 31.1. The highest BCUT2D eigenvalue weighted by atomic mass is 14.9. The van der Waals surface area contributed by atoms with Crippen molar-refractivity contribution < 1.29 is 0 Å². The second kappa shape index (κ2) is 12.8. The van der Waals surface area contributed by atoms with Gasteiger partial charge in [0.05, 0.1) is 16.8 Å². The summed E-state index contributed by atoms with van der Waals surface area (Å²) in [6.07, 6.45) is 3.82. The summed E-state index contributed by atoms with van der Waals surface area (Å²) < 4.78 is 0. The molecule has 3 nitrogen and oxygen atoms in total. The molecular weight excluding hydrogens is 679 g/mol. The number of benzene rings is 7. The van der Waals surface area contributed by atoms with E-state index in [0.717, 1.165) is 52.4 Å². The van der Waals surface area contributed by atoms with E-state index in [1.807, 2.05) is 18.2 Å². The number of rotatable bonds is 4. The Morgan fingerprint density at radius 2 is 1.02 bits per heavy atom. The highest BCUT2D eigenvalue weighted by Crippen LogP contribution is 2.63. The average molecular weight is 716 g/mol. The summed E-state index contributed by atoms with van der Waals surface area (Å²) in [5.41, 5.74) is 20.9. The summed E-state index contributed by atoms with van der Waals surface area (Å²) in [6, 6.07) is 63.2. The number of aromatic nitrogens is 2. The van der Waals surface area contributed by atoms with Crippen LogP contribution in [-0.4, -0.2) is 15.7 Å². The zero-order chi connectivity index (χ0) is 37.2. The largest absolute Gasteiger partial charge is 0.252 e. The van der Waals surface area contributed by atoms with Crippen molar-refractivity contribution in [1.29, 1.82) is 0 Å². The molecule has 0 N–H and O–H groups in total. The fourth-order valence-corrected chi connectivity index (χ4v) is 9.60. The fraction of sp³-hybridized carbons (Fsp3) is 0.0755. The maximum absolute atomic E-state index is 5.60. The van der Waals surface area contributed by atoms with Crippen molar-refractivity contribution in [2.75, 3.05) is 0 Å². The highest BCUT2D eigenvalue weighted by Gasteiger charge is 2.53. The molecule has 0 saturated heterocycles. The molecule has 0 saturated carbocycles. The zero-order valence-electron chi connectivity index (χ0n) is 31.1. The molecule has 1 aliphatic heterocycles. The number of hydrogen-bond donors (Lipinski definition) is 0. The van der Waals surface area contributed by atoms with Crippen molar-refractivity contribution in [3.63, 3.8) is 0 Å². The van der Waals surface area contributed by atoms with E-state index >= 15 is 0 Å². The van der Waals surface area contributed by atoms with E-state index < -0.39 is 5.41 Å². The second-order valence-electron chi connectivity index (χ2n) is 15.1. The predicted molar refractivity (Wildman–Crippen MR) is 229 cm³/mol. The Labute approximate surface area is 327 Å². The van der Waals surface area contributed by atoms with Crippen LogP contribution in [0.5, 0.6) is 0 Å². The summed E-state index contributed by atoms with van der Waals surface area (Å²) in [6.45, 7) is 2.30. The molecule has 1 atom stereocenters. The van der Waals surface area contributed by atoms with E-state index in [2.05, 4.69) is 171 Å². The van der Waals surface area contributed by atoms with Gasteiger partial charge in [-0.25, -0.2) is 9.97 Å². The predicted octanol–water partition coefficient (Wildman–Crippen LogP) is 12.9. The van der Waals surface area contributed by atoms with Crippen molar-refractivity contribution in [2.24, 2.45) is 4.99 Å². The summed E-state index contributed by atoms with van der Waals surface area (Å²) in [5, 5.41) is 0. The highest BCUT2D eigenvalue weighted by molar-refractivity contribution is 6.11. The van der Waals surface area contributed by atoms with Crippen LogP contribution in [0.3, 0.4) is 0 Å². The summed E-state index contributed by atoms with van der Waals surface area (Å²) in [5.74, 6) is 0.744. The van der Waals surface area contributed by atoms with E-state index in [1.54, 1.807) is 0 Å². The van der Waals surface area contributed by atoms with Gasteiger partial charge < -0.3 is 0 Å². The van der Waals surface area contributed by atoms with Gasteiger partial charge in [0.1, 0.15) is 0 Å². The number of aliphatic imine (C=N–C) groups is 1. The van der Waals surface area contributed by atoms with Gasteiger partial charge >= 0.3 is 0 Å². The summed E-state index contributed by atoms with van der Waals surface area (Å²) >= 11 is 0. The van der Waals surface area contributed by atoms with Crippen molar-refractivity contribution in [2.45, 2.75) is 25.2 Å². The van der Waals surface area contributed by atoms with Crippen LogP contribution in [0.25, 0.3) is 50.5 Å². The maximum atomic E-state index is 5.60. The Bertz CT molecular complexity index is 2900. The first-order chi connectivity index (χ1) is 27.7. The third-order valence-corrected chi connectivity index (χ3v) is 12.1. The number of nitrogens with zero attached hydrogens (tertiary/aromatic N) is 3. The molecule has 0 radical (unpaired) electrons. The monoisotopic (exact) mass is 715 g/mol. The van der Waals surface area contributed by atoms with Crippen molar-refractivity contribution in [3.05, 3.63) is 227 Å². The molecule has 0 bridgehead atoms. The van der Waals surface area contributed by atoms with Crippen LogP contribution >= 0.6 is 0 Å². The molecule has 7 aromatic carbocycles. The smallest absolute Gasteiger partial charge is 0.159 e. The maximum Gasteiger partial charge on any atom is 0.159 e. The minimum atomic E-state index is -0.544. The van der Waals surface area contributed by atoms with E-state index in [-0.39, 0.29) is 0 Å². The third-order valence-electron chi connectivity index (χ3n) is 12.1. The van der Waals surface area contributed by atoms with Gasteiger partial charge in [-0.3, -0.25) is 4.99 Å². The third kappa shape index (κ3) is 4.80. The Kier molecular flexibility index (Phi) is 7.43. The van der Waals surface area contributed by atoms with Crippen LogP contribution in [0.15, 0.2) is 193 Å². The molecular formula is C53H37N3. The molecule has 3 heteroatoms. The summed E-state index contributed by atoms with van der Waals surface area (Å²) in [4.78, 5) is 16.0. The molecule has 2 aliphatic carbocycles. The molecule has 1 spiro atoms. The Morgan fingerprint density at radius 3 is 1.79 bits per heavy atom. The fourth-order valence-electron chi connectivity index (χ4n) is 9.60. The number of hydrogen-bond acceptors (Lipinski definition) is 3. The van der Waals surface area contributed by atoms with Crippen molar-refractivity contribution >= 4 is 17.0 Å². The Balaban J connectivity index is 1.08. The van der Waals surface area contributed by atoms with Gasteiger partial charge in [-0.05, 0) is 75.9 Å². The van der Waals surface area contributed by atoms with Gasteiger partial charge in [0.15, 0.2) is 5.82 Å². The minimum Gasteiger partial charge on any atom is -0.252 e. The van der Waals surface area contributed by atoms with E-state index in [1.165, 1.54) is 66.8 Å². The van der Waals surface area contributed by atoms with Crippen molar-refractivity contribution in [1.82, 2.24) is 9.97 Å². The van der Waals surface area contributed by atoms with Crippen LogP contribution in [-0.2, 0) is 5.41 Å². The molecule has 3 aliphatic rings. The summed E-state index contributed by atoms with van der Waals surface area (Å²) in [7, 11) is 0. The minimum absolute atomic E-state index is 0.544. The first-order valence-electron chi connectivity index (χ1n) is 19.5. The van der Waals surface area contributed by atoms with Gasteiger partial charge in [0.2, 0.25) is 0 Å².